The van der Waals surface area contributed by atoms with Gasteiger partial charge in [-0.3, -0.25) is 4.79 Å². The molecule has 1 N–H and O–H groups in total. The van der Waals surface area contributed by atoms with Crippen molar-refractivity contribution in [3.05, 3.63) is 53.6 Å². The normalized spacial score (nSPS) is 18.0. The number of carbonyl (C=O) groups is 1. The van der Waals surface area contributed by atoms with Gasteiger partial charge in [-0.2, -0.15) is 4.31 Å². The van der Waals surface area contributed by atoms with Crippen LogP contribution in [0, 0.1) is 11.8 Å². The number of nitrogens with zero attached hydrogens (tertiary/aromatic N) is 1. The number of benzene rings is 2. The van der Waals surface area contributed by atoms with Gasteiger partial charge in [-0.05, 0) is 48.4 Å². The van der Waals surface area contributed by atoms with Gasteiger partial charge in [-0.1, -0.05) is 45.0 Å². The summed E-state index contributed by atoms with van der Waals surface area (Å²) in [5.74, 6) is 1.04. The van der Waals surface area contributed by atoms with Crippen molar-refractivity contribution < 1.29 is 22.7 Å². The van der Waals surface area contributed by atoms with Crippen LogP contribution in [0.5, 0.6) is 11.5 Å². The summed E-state index contributed by atoms with van der Waals surface area (Å²) in [6.07, 6.45) is 1.97. The first-order valence-corrected chi connectivity index (χ1v) is 13.5. The molecule has 1 amide bonds. The third-order valence-corrected chi connectivity index (χ3v) is 8.58. The van der Waals surface area contributed by atoms with Crippen LogP contribution in [0.3, 0.4) is 0 Å². The predicted molar refractivity (Wildman–Crippen MR) is 130 cm³/mol. The fourth-order valence-electron chi connectivity index (χ4n) is 4.56. The summed E-state index contributed by atoms with van der Waals surface area (Å²) in [6, 6.07) is 13.0. The molecule has 4 rings (SSSR count). The van der Waals surface area contributed by atoms with E-state index in [0.29, 0.717) is 50.6 Å². The molecule has 1 atom stereocenters. The lowest BCUT2D eigenvalue weighted by Gasteiger charge is -2.32. The van der Waals surface area contributed by atoms with E-state index in [-0.39, 0.29) is 28.7 Å². The Kier molecular flexibility index (Phi) is 7.48. The van der Waals surface area contributed by atoms with Crippen LogP contribution < -0.4 is 14.8 Å². The molecule has 2 aliphatic heterocycles. The van der Waals surface area contributed by atoms with Gasteiger partial charge >= 0.3 is 0 Å². The SMILES string of the molecule is CCc1ccc([C@@H](NC(=O)C2CCN(S(=O)(=O)c3ccc4c(c3)OCCO4)CC2)C(C)C)cc1. The Morgan fingerprint density at radius 2 is 1.68 bits per heavy atom. The van der Waals surface area contributed by atoms with Crippen LogP contribution in [0.1, 0.15) is 50.8 Å². The highest BCUT2D eigenvalue weighted by molar-refractivity contribution is 7.89. The Balaban J connectivity index is 1.39. The Labute approximate surface area is 202 Å². The van der Waals surface area contributed by atoms with E-state index in [1.165, 1.54) is 15.9 Å². The summed E-state index contributed by atoms with van der Waals surface area (Å²) in [5, 5.41) is 3.22. The maximum absolute atomic E-state index is 13.2. The van der Waals surface area contributed by atoms with Crippen LogP contribution >= 0.6 is 0 Å². The first-order valence-electron chi connectivity index (χ1n) is 12.1. The van der Waals surface area contributed by atoms with Crippen LogP contribution in [-0.2, 0) is 21.2 Å². The van der Waals surface area contributed by atoms with Gasteiger partial charge < -0.3 is 14.8 Å². The molecular formula is C26H34N2O5S. The molecule has 8 heteroatoms. The standard InChI is InChI=1S/C26H34N2O5S/c1-4-19-5-7-20(8-6-19)25(18(2)3)27-26(29)21-11-13-28(14-12-21)34(30,31)22-9-10-23-24(17-22)33-16-15-32-23/h5-10,17-18,21,25H,4,11-16H2,1-3H3,(H,27,29)/t25-/m0/s1. The zero-order valence-corrected chi connectivity index (χ0v) is 20.9. The average molecular weight is 487 g/mol. The topological polar surface area (TPSA) is 84.9 Å². The van der Waals surface area contributed by atoms with Gasteiger partial charge in [0.25, 0.3) is 0 Å². The zero-order chi connectivity index (χ0) is 24.3. The van der Waals surface area contributed by atoms with E-state index in [2.05, 4.69) is 50.4 Å². The van der Waals surface area contributed by atoms with E-state index < -0.39 is 10.0 Å². The number of nitrogens with one attached hydrogen (secondary N) is 1. The minimum absolute atomic E-state index is 0.00496. The molecule has 7 nitrogen and oxygen atoms in total. The lowest BCUT2D eigenvalue weighted by atomic mass is 9.92. The van der Waals surface area contributed by atoms with E-state index in [1.807, 2.05) is 0 Å². The molecule has 2 heterocycles. The molecule has 0 bridgehead atoms. The highest BCUT2D eigenvalue weighted by atomic mass is 32.2. The molecule has 0 unspecified atom stereocenters. The number of hydrogen-bond acceptors (Lipinski definition) is 5. The molecule has 0 radical (unpaired) electrons. The predicted octanol–water partition coefficient (Wildman–Crippen LogP) is 3.93. The number of sulfonamides is 1. The molecule has 2 aromatic carbocycles. The van der Waals surface area contributed by atoms with Crippen molar-refractivity contribution in [2.45, 2.75) is 51.0 Å². The van der Waals surface area contributed by atoms with Gasteiger partial charge in [0.1, 0.15) is 13.2 Å². The lowest BCUT2D eigenvalue weighted by Crippen LogP contribution is -2.44. The summed E-state index contributed by atoms with van der Waals surface area (Å²) in [5.41, 5.74) is 2.36. The molecule has 34 heavy (non-hydrogen) atoms. The van der Waals surface area contributed by atoms with Crippen molar-refractivity contribution in [3.8, 4) is 11.5 Å². The largest absolute Gasteiger partial charge is 0.486 e. The van der Waals surface area contributed by atoms with Crippen molar-refractivity contribution >= 4 is 15.9 Å². The molecular weight excluding hydrogens is 452 g/mol. The molecule has 0 spiro atoms. The maximum atomic E-state index is 13.2. The third-order valence-electron chi connectivity index (χ3n) is 6.69. The molecule has 1 saturated heterocycles. The Hall–Kier alpha value is -2.58. The first kappa shape index (κ1) is 24.5. The van der Waals surface area contributed by atoms with Gasteiger partial charge in [0.15, 0.2) is 11.5 Å². The summed E-state index contributed by atoms with van der Waals surface area (Å²) in [7, 11) is -3.66. The fraction of sp³-hybridized carbons (Fsp3) is 0.500. The Morgan fingerprint density at radius 3 is 2.29 bits per heavy atom. The second-order valence-electron chi connectivity index (χ2n) is 9.31. The monoisotopic (exact) mass is 486 g/mol. The van der Waals surface area contributed by atoms with Crippen LogP contribution in [0.15, 0.2) is 47.4 Å². The van der Waals surface area contributed by atoms with Gasteiger partial charge in [-0.25, -0.2) is 8.42 Å². The number of carbonyl (C=O) groups excluding carboxylic acids is 1. The minimum Gasteiger partial charge on any atom is -0.486 e. The van der Waals surface area contributed by atoms with Crippen LogP contribution in [0.2, 0.25) is 0 Å². The van der Waals surface area contributed by atoms with Gasteiger partial charge in [-0.15, -0.1) is 0 Å². The smallest absolute Gasteiger partial charge is 0.243 e. The minimum atomic E-state index is -3.66. The van der Waals surface area contributed by atoms with Gasteiger partial charge in [0.2, 0.25) is 15.9 Å². The van der Waals surface area contributed by atoms with Crippen molar-refractivity contribution in [2.24, 2.45) is 11.8 Å². The average Bonchev–Trinajstić information content (AvgIpc) is 2.86. The highest BCUT2D eigenvalue weighted by Crippen LogP contribution is 2.34. The third kappa shape index (κ3) is 5.23. The fourth-order valence-corrected chi connectivity index (χ4v) is 6.04. The molecule has 2 aliphatic rings. The summed E-state index contributed by atoms with van der Waals surface area (Å²) >= 11 is 0. The van der Waals surface area contributed by atoms with Crippen LogP contribution in [0.25, 0.3) is 0 Å². The molecule has 1 fully saturated rings. The van der Waals surface area contributed by atoms with E-state index in [9.17, 15) is 13.2 Å². The number of piperidine rings is 1. The maximum Gasteiger partial charge on any atom is 0.243 e. The Morgan fingerprint density at radius 1 is 1.03 bits per heavy atom. The molecule has 0 aromatic heterocycles. The quantitative estimate of drug-likeness (QED) is 0.641. The van der Waals surface area contributed by atoms with Gasteiger partial charge in [0.05, 0.1) is 10.9 Å². The van der Waals surface area contributed by atoms with E-state index in [4.69, 9.17) is 9.47 Å². The lowest BCUT2D eigenvalue weighted by molar-refractivity contribution is -0.127. The first-order chi connectivity index (χ1) is 16.3. The molecule has 184 valence electrons. The molecule has 0 aliphatic carbocycles. The second kappa shape index (κ2) is 10.4. The second-order valence-corrected chi connectivity index (χ2v) is 11.2. The van der Waals surface area contributed by atoms with E-state index in [1.54, 1.807) is 12.1 Å². The van der Waals surface area contributed by atoms with Gasteiger partial charge in [0, 0.05) is 25.1 Å². The molecule has 2 aromatic rings. The summed E-state index contributed by atoms with van der Waals surface area (Å²) < 4.78 is 38.9. The number of fused-ring (bicyclic) bond motifs is 1. The number of rotatable bonds is 7. The highest BCUT2D eigenvalue weighted by Gasteiger charge is 2.34. The van der Waals surface area contributed by atoms with Crippen LogP contribution in [0.4, 0.5) is 0 Å². The number of hydrogen-bond donors (Lipinski definition) is 1. The summed E-state index contributed by atoms with van der Waals surface area (Å²) in [6.45, 7) is 7.80. The van der Waals surface area contributed by atoms with Crippen molar-refractivity contribution in [3.63, 3.8) is 0 Å². The number of amides is 1. The van der Waals surface area contributed by atoms with Crippen molar-refractivity contribution in [1.82, 2.24) is 9.62 Å². The number of aryl methyl sites for hydroxylation is 1. The van der Waals surface area contributed by atoms with E-state index in [0.717, 1.165) is 12.0 Å². The van der Waals surface area contributed by atoms with Crippen molar-refractivity contribution in [1.29, 1.82) is 0 Å². The zero-order valence-electron chi connectivity index (χ0n) is 20.1. The van der Waals surface area contributed by atoms with Crippen molar-refractivity contribution in [2.75, 3.05) is 26.3 Å². The Bertz CT molecular complexity index is 1110. The molecule has 0 saturated carbocycles. The van der Waals surface area contributed by atoms with Crippen LogP contribution in [-0.4, -0.2) is 44.9 Å². The van der Waals surface area contributed by atoms with E-state index >= 15 is 0 Å². The summed E-state index contributed by atoms with van der Waals surface area (Å²) in [4.78, 5) is 13.3. The number of ether oxygens (including phenoxy) is 2.